The van der Waals surface area contributed by atoms with Crippen LogP contribution >= 0.6 is 11.6 Å². The van der Waals surface area contributed by atoms with Crippen LogP contribution in [-0.2, 0) is 4.79 Å². The molecule has 4 rings (SSSR count). The number of hydrogen-bond acceptors (Lipinski definition) is 5. The lowest BCUT2D eigenvalue weighted by molar-refractivity contribution is -0.136. The van der Waals surface area contributed by atoms with E-state index in [-0.39, 0.29) is 17.9 Å². The van der Waals surface area contributed by atoms with Crippen molar-refractivity contribution in [2.75, 3.05) is 24.5 Å². The van der Waals surface area contributed by atoms with Crippen LogP contribution in [0.3, 0.4) is 0 Å². The van der Waals surface area contributed by atoms with E-state index >= 15 is 0 Å². The zero-order valence-electron chi connectivity index (χ0n) is 16.0. The average Bonchev–Trinajstić information content (AvgIpc) is 3.02. The molecule has 3 aromatic rings. The molecule has 0 radical (unpaired) electrons. The number of amides is 1. The summed E-state index contributed by atoms with van der Waals surface area (Å²) in [6.07, 6.45) is 0. The van der Waals surface area contributed by atoms with E-state index in [1.165, 1.54) is 0 Å². The number of rotatable bonds is 2. The highest BCUT2D eigenvalue weighted by Crippen LogP contribution is 2.27. The standard InChI is InChI=1S/C19H23ClN6O/c1-11(2)18(27)25-8-7-24(10-12(25)3)19-21-16-9-14(20)5-6-15(16)17-23-22-13(4)26(17)19/h5-6,9,11-12H,7-8,10H2,1-4H3/t12-/m1/s1. The number of aromatic nitrogens is 4. The molecule has 1 fully saturated rings. The lowest BCUT2D eigenvalue weighted by Gasteiger charge is -2.41. The highest BCUT2D eigenvalue weighted by molar-refractivity contribution is 6.31. The van der Waals surface area contributed by atoms with Crippen LogP contribution in [0.1, 0.15) is 26.6 Å². The molecule has 7 nitrogen and oxygen atoms in total. The van der Waals surface area contributed by atoms with Crippen molar-refractivity contribution >= 4 is 40.0 Å². The van der Waals surface area contributed by atoms with Crippen LogP contribution in [0.2, 0.25) is 5.02 Å². The highest BCUT2D eigenvalue weighted by Gasteiger charge is 2.30. The molecule has 0 bridgehead atoms. The number of aryl methyl sites for hydroxylation is 1. The van der Waals surface area contributed by atoms with E-state index in [1.54, 1.807) is 0 Å². The second-order valence-corrected chi connectivity index (χ2v) is 7.90. The summed E-state index contributed by atoms with van der Waals surface area (Å²) in [4.78, 5) is 21.5. The monoisotopic (exact) mass is 386 g/mol. The van der Waals surface area contributed by atoms with Crippen molar-refractivity contribution in [1.82, 2.24) is 24.5 Å². The molecule has 142 valence electrons. The summed E-state index contributed by atoms with van der Waals surface area (Å²) in [5.41, 5.74) is 1.57. The first-order valence-corrected chi connectivity index (χ1v) is 9.61. The van der Waals surface area contributed by atoms with E-state index in [1.807, 2.05) is 48.3 Å². The van der Waals surface area contributed by atoms with Gasteiger partial charge in [0, 0.05) is 42.0 Å². The number of halogens is 1. The van der Waals surface area contributed by atoms with E-state index < -0.39 is 0 Å². The Morgan fingerprint density at radius 1 is 1.26 bits per heavy atom. The summed E-state index contributed by atoms with van der Waals surface area (Å²) >= 11 is 6.18. The maximum atomic E-state index is 12.4. The quantitative estimate of drug-likeness (QED) is 0.677. The van der Waals surface area contributed by atoms with E-state index in [9.17, 15) is 4.79 Å². The summed E-state index contributed by atoms with van der Waals surface area (Å²) in [5, 5.41) is 10.2. The first-order valence-electron chi connectivity index (χ1n) is 9.23. The van der Waals surface area contributed by atoms with Gasteiger partial charge in [-0.2, -0.15) is 0 Å². The third-order valence-electron chi connectivity index (χ3n) is 5.13. The van der Waals surface area contributed by atoms with Gasteiger partial charge in [0.05, 0.1) is 5.52 Å². The summed E-state index contributed by atoms with van der Waals surface area (Å²) in [5.74, 6) is 1.79. The van der Waals surface area contributed by atoms with Crippen molar-refractivity contribution in [3.63, 3.8) is 0 Å². The van der Waals surface area contributed by atoms with E-state index in [0.29, 0.717) is 24.7 Å². The summed E-state index contributed by atoms with van der Waals surface area (Å²) in [6.45, 7) is 10.0. The fraction of sp³-hybridized carbons (Fsp3) is 0.474. The van der Waals surface area contributed by atoms with Crippen LogP contribution in [0, 0.1) is 12.8 Å². The second kappa shape index (κ2) is 6.64. The molecule has 0 spiro atoms. The summed E-state index contributed by atoms with van der Waals surface area (Å²) < 4.78 is 1.99. The molecule has 27 heavy (non-hydrogen) atoms. The topological polar surface area (TPSA) is 66.6 Å². The number of benzene rings is 1. The molecule has 1 saturated heterocycles. The maximum Gasteiger partial charge on any atom is 0.225 e. The third kappa shape index (κ3) is 3.00. The van der Waals surface area contributed by atoms with Crippen molar-refractivity contribution < 1.29 is 4.79 Å². The molecular weight excluding hydrogens is 364 g/mol. The molecule has 0 aliphatic carbocycles. The minimum absolute atomic E-state index is 0.00624. The minimum Gasteiger partial charge on any atom is -0.338 e. The molecule has 1 aromatic carbocycles. The van der Waals surface area contributed by atoms with E-state index in [2.05, 4.69) is 22.0 Å². The number of carbonyl (C=O) groups excluding carboxylic acids is 1. The van der Waals surface area contributed by atoms with Crippen molar-refractivity contribution in [1.29, 1.82) is 0 Å². The largest absolute Gasteiger partial charge is 0.338 e. The second-order valence-electron chi connectivity index (χ2n) is 7.46. The lowest BCUT2D eigenvalue weighted by Crippen LogP contribution is -2.55. The normalized spacial score (nSPS) is 18.1. The van der Waals surface area contributed by atoms with Gasteiger partial charge in [-0.05, 0) is 32.0 Å². The lowest BCUT2D eigenvalue weighted by atomic mass is 10.1. The van der Waals surface area contributed by atoms with Crippen LogP contribution in [-0.4, -0.2) is 56.1 Å². The Bertz CT molecular complexity index is 1030. The number of hydrogen-bond donors (Lipinski definition) is 0. The van der Waals surface area contributed by atoms with Gasteiger partial charge in [0.25, 0.3) is 0 Å². The first kappa shape index (κ1) is 18.0. The Kier molecular flexibility index (Phi) is 4.42. The fourth-order valence-corrected chi connectivity index (χ4v) is 3.90. The molecule has 3 heterocycles. The summed E-state index contributed by atoms with van der Waals surface area (Å²) in [6, 6.07) is 5.73. The molecule has 2 aromatic heterocycles. The van der Waals surface area contributed by atoms with Crippen molar-refractivity contribution in [3.05, 3.63) is 29.0 Å². The van der Waals surface area contributed by atoms with Gasteiger partial charge in [-0.15, -0.1) is 10.2 Å². The molecular formula is C19H23ClN6O. The van der Waals surface area contributed by atoms with Crippen molar-refractivity contribution in [2.45, 2.75) is 33.7 Å². The first-order chi connectivity index (χ1) is 12.9. The van der Waals surface area contributed by atoms with Gasteiger partial charge in [0.2, 0.25) is 11.9 Å². The number of fused-ring (bicyclic) bond motifs is 3. The summed E-state index contributed by atoms with van der Waals surface area (Å²) in [7, 11) is 0. The predicted molar refractivity (Wildman–Crippen MR) is 106 cm³/mol. The van der Waals surface area contributed by atoms with Crippen LogP contribution in [0.4, 0.5) is 5.95 Å². The zero-order chi connectivity index (χ0) is 19.3. The third-order valence-corrected chi connectivity index (χ3v) is 5.37. The molecule has 1 amide bonds. The molecule has 1 aliphatic heterocycles. The smallest absolute Gasteiger partial charge is 0.225 e. The molecule has 0 saturated carbocycles. The van der Waals surface area contributed by atoms with Crippen LogP contribution in [0.25, 0.3) is 16.6 Å². The van der Waals surface area contributed by atoms with Crippen LogP contribution in [0.5, 0.6) is 0 Å². The molecule has 8 heteroatoms. The number of anilines is 1. The van der Waals surface area contributed by atoms with Crippen molar-refractivity contribution in [3.8, 4) is 0 Å². The molecule has 0 unspecified atom stereocenters. The number of nitrogens with zero attached hydrogens (tertiary/aromatic N) is 6. The van der Waals surface area contributed by atoms with Crippen LogP contribution in [0.15, 0.2) is 18.2 Å². The Morgan fingerprint density at radius 3 is 2.74 bits per heavy atom. The minimum atomic E-state index is 0.00624. The van der Waals surface area contributed by atoms with Gasteiger partial charge >= 0.3 is 0 Å². The zero-order valence-corrected chi connectivity index (χ0v) is 16.7. The Hall–Kier alpha value is -2.41. The average molecular weight is 387 g/mol. The van der Waals surface area contributed by atoms with Gasteiger partial charge < -0.3 is 9.80 Å². The predicted octanol–water partition coefficient (Wildman–Crippen LogP) is 2.93. The van der Waals surface area contributed by atoms with Gasteiger partial charge in [0.15, 0.2) is 5.65 Å². The molecule has 0 N–H and O–H groups in total. The van der Waals surface area contributed by atoms with Gasteiger partial charge in [-0.1, -0.05) is 25.4 Å². The van der Waals surface area contributed by atoms with Gasteiger partial charge in [-0.3, -0.25) is 4.79 Å². The molecule has 1 aliphatic rings. The van der Waals surface area contributed by atoms with E-state index in [4.69, 9.17) is 16.6 Å². The van der Waals surface area contributed by atoms with E-state index in [0.717, 1.165) is 28.3 Å². The highest BCUT2D eigenvalue weighted by atomic mass is 35.5. The number of carbonyl (C=O) groups is 1. The number of piperazine rings is 1. The SMILES string of the molecule is Cc1nnc2c3ccc(Cl)cc3nc(N3CCN(C(=O)C(C)C)[C@H](C)C3)n12. The molecule has 1 atom stereocenters. The Morgan fingerprint density at radius 2 is 2.04 bits per heavy atom. The van der Waals surface area contributed by atoms with Crippen molar-refractivity contribution in [2.24, 2.45) is 5.92 Å². The van der Waals surface area contributed by atoms with Crippen LogP contribution < -0.4 is 4.90 Å². The Labute approximate surface area is 162 Å². The van der Waals surface area contributed by atoms with Gasteiger partial charge in [-0.25, -0.2) is 9.38 Å². The maximum absolute atomic E-state index is 12.4. The fourth-order valence-electron chi connectivity index (χ4n) is 3.73. The van der Waals surface area contributed by atoms with Gasteiger partial charge in [0.1, 0.15) is 5.82 Å². The Balaban J connectivity index is 1.77.